The number of fused-ring (bicyclic) bond motifs is 2. The van der Waals surface area contributed by atoms with Gasteiger partial charge in [0.15, 0.2) is 0 Å². The highest BCUT2D eigenvalue weighted by molar-refractivity contribution is 6.46. The molecule has 1 aromatic carbocycles. The highest BCUT2D eigenvalue weighted by Gasteiger charge is 2.51. The van der Waals surface area contributed by atoms with Gasteiger partial charge in [0.25, 0.3) is 5.91 Å². The molecule has 182 valence electrons. The van der Waals surface area contributed by atoms with Crippen molar-refractivity contribution < 1.29 is 14.4 Å². The summed E-state index contributed by atoms with van der Waals surface area (Å²) >= 11 is 5.94. The first-order valence-electron chi connectivity index (χ1n) is 11.9. The largest absolute Gasteiger partial charge is 0.398 e. The number of hydrogen-bond acceptors (Lipinski definition) is 6. The van der Waals surface area contributed by atoms with Crippen molar-refractivity contribution in [3.8, 4) is 0 Å². The monoisotopic (exact) mass is 494 g/mol. The summed E-state index contributed by atoms with van der Waals surface area (Å²) in [5.41, 5.74) is 7.26. The van der Waals surface area contributed by atoms with Gasteiger partial charge >= 0.3 is 0 Å². The Morgan fingerprint density at radius 3 is 2.63 bits per heavy atom. The molecular weight excluding hydrogens is 468 g/mol. The number of amides is 3. The lowest BCUT2D eigenvalue weighted by molar-refractivity contribution is -0.139. The molecule has 3 fully saturated rings. The van der Waals surface area contributed by atoms with Crippen LogP contribution in [-0.2, 0) is 14.4 Å². The van der Waals surface area contributed by atoms with E-state index in [2.05, 4.69) is 15.3 Å². The minimum absolute atomic E-state index is 0.0119. The fourth-order valence-electron chi connectivity index (χ4n) is 5.24. The van der Waals surface area contributed by atoms with Crippen LogP contribution in [0, 0.1) is 5.92 Å². The number of halogens is 1. The summed E-state index contributed by atoms with van der Waals surface area (Å²) in [5.74, 6) is -0.365. The second-order valence-electron chi connectivity index (χ2n) is 9.21. The maximum atomic E-state index is 13.4. The number of anilines is 2. The van der Waals surface area contributed by atoms with E-state index in [4.69, 9.17) is 17.3 Å². The van der Waals surface area contributed by atoms with Gasteiger partial charge in [0.1, 0.15) is 29.3 Å². The number of aliphatic imine (C=N–C) groups is 1. The van der Waals surface area contributed by atoms with E-state index in [0.717, 1.165) is 25.7 Å². The van der Waals surface area contributed by atoms with E-state index >= 15 is 0 Å². The summed E-state index contributed by atoms with van der Waals surface area (Å²) in [6.45, 7) is 1.09. The highest BCUT2D eigenvalue weighted by atomic mass is 35.5. The van der Waals surface area contributed by atoms with Crippen LogP contribution in [0.15, 0.2) is 47.5 Å². The van der Waals surface area contributed by atoms with Crippen LogP contribution in [0.3, 0.4) is 0 Å². The highest BCUT2D eigenvalue weighted by Crippen LogP contribution is 2.43. The first-order valence-corrected chi connectivity index (χ1v) is 12.2. The van der Waals surface area contributed by atoms with Gasteiger partial charge in [-0.05, 0) is 49.8 Å². The van der Waals surface area contributed by atoms with Crippen LogP contribution in [-0.4, -0.2) is 69.9 Å². The molecule has 0 spiro atoms. The van der Waals surface area contributed by atoms with E-state index in [1.165, 1.54) is 0 Å². The van der Waals surface area contributed by atoms with Crippen molar-refractivity contribution in [1.82, 2.24) is 14.8 Å². The van der Waals surface area contributed by atoms with Gasteiger partial charge in [-0.3, -0.25) is 19.4 Å². The molecule has 1 aromatic heterocycles. The number of rotatable bonds is 6. The minimum Gasteiger partial charge on any atom is -0.398 e. The van der Waals surface area contributed by atoms with Gasteiger partial charge < -0.3 is 20.9 Å². The van der Waals surface area contributed by atoms with Crippen molar-refractivity contribution in [2.75, 3.05) is 30.7 Å². The number of aromatic nitrogens is 1. The van der Waals surface area contributed by atoms with E-state index in [1.807, 2.05) is 0 Å². The number of para-hydroxylation sites is 1. The van der Waals surface area contributed by atoms with Crippen molar-refractivity contribution in [2.45, 2.75) is 37.8 Å². The summed E-state index contributed by atoms with van der Waals surface area (Å²) in [6.07, 6.45) is 3.46. The van der Waals surface area contributed by atoms with Gasteiger partial charge in [-0.15, -0.1) is 0 Å². The summed E-state index contributed by atoms with van der Waals surface area (Å²) in [6, 6.07) is 11.4. The van der Waals surface area contributed by atoms with Crippen LogP contribution in [0.25, 0.3) is 0 Å². The van der Waals surface area contributed by atoms with Crippen molar-refractivity contribution in [2.24, 2.45) is 10.9 Å². The zero-order valence-electron chi connectivity index (χ0n) is 19.2. The molecule has 2 aliphatic heterocycles. The summed E-state index contributed by atoms with van der Waals surface area (Å²) in [4.78, 5) is 51.6. The fraction of sp³-hybridized carbons (Fsp3) is 0.400. The molecule has 9 nitrogen and oxygen atoms in total. The summed E-state index contributed by atoms with van der Waals surface area (Å²) < 4.78 is 0. The number of nitrogens with zero attached hydrogens (tertiary/aromatic N) is 4. The van der Waals surface area contributed by atoms with Gasteiger partial charge in [0, 0.05) is 30.4 Å². The minimum atomic E-state index is -0.603. The van der Waals surface area contributed by atoms with Crippen molar-refractivity contribution in [1.29, 1.82) is 0 Å². The van der Waals surface area contributed by atoms with Gasteiger partial charge in [-0.1, -0.05) is 35.9 Å². The normalized spacial score (nSPS) is 23.2. The number of benzene rings is 1. The lowest BCUT2D eigenvalue weighted by atomic mass is 9.97. The van der Waals surface area contributed by atoms with Crippen LogP contribution in [0.5, 0.6) is 0 Å². The second-order valence-corrected chi connectivity index (χ2v) is 9.59. The van der Waals surface area contributed by atoms with E-state index in [-0.39, 0.29) is 47.1 Å². The number of likely N-dealkylation sites (tertiary alicyclic amines) is 2. The molecular formula is C25H27ClN6O3. The third-order valence-corrected chi connectivity index (χ3v) is 7.25. The quantitative estimate of drug-likeness (QED) is 0.363. The standard InChI is InChI=1S/C25H27ClN6O3/c26-19-7-3-8-20(29-19)30-24(34)23-15-9-10-16(13-15)32(23)21(33)14-28-22(25(35)31-11-4-12-31)17-5-1-2-6-18(17)27/h1-3,5-8,15-16,23H,4,9-14,27H2,(H,29,30,34)/t15-,16+,23-/m0/s1. The Balaban J connectivity index is 1.37. The van der Waals surface area contributed by atoms with E-state index in [0.29, 0.717) is 30.2 Å². The van der Waals surface area contributed by atoms with Gasteiger partial charge in [0.2, 0.25) is 11.8 Å². The predicted octanol–water partition coefficient (Wildman–Crippen LogP) is 2.36. The van der Waals surface area contributed by atoms with E-state index in [9.17, 15) is 14.4 Å². The number of carbonyl (C=O) groups excluding carboxylic acids is 3. The van der Waals surface area contributed by atoms with Gasteiger partial charge in [-0.25, -0.2) is 4.98 Å². The number of nitrogens with two attached hydrogens (primary N) is 1. The number of nitrogen functional groups attached to an aromatic ring is 1. The molecule has 0 unspecified atom stereocenters. The number of carbonyl (C=O) groups is 3. The van der Waals surface area contributed by atoms with Crippen LogP contribution in [0.1, 0.15) is 31.2 Å². The lowest BCUT2D eigenvalue weighted by Gasteiger charge is -2.34. The second kappa shape index (κ2) is 9.65. The summed E-state index contributed by atoms with van der Waals surface area (Å²) in [7, 11) is 0. The molecule has 1 aliphatic carbocycles. The molecule has 2 bridgehead atoms. The fourth-order valence-corrected chi connectivity index (χ4v) is 5.40. The van der Waals surface area contributed by atoms with Crippen LogP contribution >= 0.6 is 11.6 Å². The Bertz CT molecular complexity index is 1200. The Hall–Kier alpha value is -3.46. The van der Waals surface area contributed by atoms with Gasteiger partial charge in [0.05, 0.1) is 0 Å². The third kappa shape index (κ3) is 4.60. The zero-order valence-corrected chi connectivity index (χ0v) is 19.9. The van der Waals surface area contributed by atoms with Crippen LogP contribution < -0.4 is 11.1 Å². The maximum Gasteiger partial charge on any atom is 0.272 e. The molecule has 2 saturated heterocycles. The van der Waals surface area contributed by atoms with Gasteiger partial charge in [-0.2, -0.15) is 0 Å². The molecule has 0 radical (unpaired) electrons. The van der Waals surface area contributed by atoms with Crippen molar-refractivity contribution in [3.05, 3.63) is 53.2 Å². The first-order chi connectivity index (χ1) is 16.9. The first kappa shape index (κ1) is 23.3. The number of hydrogen-bond donors (Lipinski definition) is 2. The van der Waals surface area contributed by atoms with Crippen molar-refractivity contribution in [3.63, 3.8) is 0 Å². The topological polar surface area (TPSA) is 121 Å². The molecule has 3 atom stereocenters. The number of nitrogens with one attached hydrogen (secondary N) is 1. The van der Waals surface area contributed by atoms with Crippen LogP contribution in [0.2, 0.25) is 5.15 Å². The number of piperidine rings is 1. The molecule has 1 saturated carbocycles. The average molecular weight is 495 g/mol. The molecule has 10 heteroatoms. The number of pyridine rings is 1. The third-order valence-electron chi connectivity index (χ3n) is 7.04. The van der Waals surface area contributed by atoms with Crippen molar-refractivity contribution >= 4 is 46.5 Å². The Morgan fingerprint density at radius 2 is 1.91 bits per heavy atom. The van der Waals surface area contributed by atoms with E-state index in [1.54, 1.807) is 52.3 Å². The Labute approximate surface area is 208 Å². The Morgan fingerprint density at radius 1 is 1.11 bits per heavy atom. The SMILES string of the molecule is Nc1ccccc1C(=NCC(=O)N1[C@@H]2CC[C@@H](C2)[C@H]1C(=O)Nc1cccc(Cl)n1)C(=O)N1CCC1. The van der Waals surface area contributed by atoms with Crippen LogP contribution in [0.4, 0.5) is 11.5 Å². The maximum absolute atomic E-state index is 13.4. The zero-order chi connectivity index (χ0) is 24.5. The Kier molecular flexibility index (Phi) is 6.42. The smallest absolute Gasteiger partial charge is 0.272 e. The molecule has 3 heterocycles. The average Bonchev–Trinajstić information content (AvgIpc) is 3.41. The molecule has 2 aromatic rings. The molecule has 35 heavy (non-hydrogen) atoms. The molecule has 3 N–H and O–H groups in total. The molecule has 3 amide bonds. The molecule has 3 aliphatic rings. The lowest BCUT2D eigenvalue weighted by Crippen LogP contribution is -2.52. The summed E-state index contributed by atoms with van der Waals surface area (Å²) in [5, 5.41) is 3.07. The molecule has 5 rings (SSSR count). The predicted molar refractivity (Wildman–Crippen MR) is 133 cm³/mol. The van der Waals surface area contributed by atoms with E-state index < -0.39 is 6.04 Å².